The van der Waals surface area contributed by atoms with Crippen molar-refractivity contribution in [1.29, 1.82) is 0 Å². The summed E-state index contributed by atoms with van der Waals surface area (Å²) in [5, 5.41) is 15.8. The fraction of sp³-hybridized carbons (Fsp3) is 0.304. The van der Waals surface area contributed by atoms with Crippen LogP contribution in [0, 0.1) is 12.7 Å². The van der Waals surface area contributed by atoms with Crippen LogP contribution in [0.25, 0.3) is 16.7 Å². The molecule has 0 spiro atoms. The summed E-state index contributed by atoms with van der Waals surface area (Å²) >= 11 is 0. The second-order valence-corrected chi connectivity index (χ2v) is 8.30. The standard InChI is InChI=1S/C23H23FN6O2/c1-16-3-2-10-25-20(16)28-11-8-23(32,9-12-28)14-29-15-26-21-19(22(29)31)13-27-30(21)18-6-4-17(24)5-7-18/h2-7,10,13,15,32H,8-9,11-12,14H2,1H3. The molecule has 0 atom stereocenters. The lowest BCUT2D eigenvalue weighted by atomic mass is 9.91. The third-order valence-electron chi connectivity index (χ3n) is 6.07. The van der Waals surface area contributed by atoms with Gasteiger partial charge < -0.3 is 10.0 Å². The predicted molar refractivity (Wildman–Crippen MR) is 118 cm³/mol. The van der Waals surface area contributed by atoms with Crippen molar-refractivity contribution >= 4 is 16.9 Å². The van der Waals surface area contributed by atoms with Crippen LogP contribution in [-0.2, 0) is 6.54 Å². The molecule has 0 bridgehead atoms. The first-order valence-corrected chi connectivity index (χ1v) is 10.5. The Kier molecular flexibility index (Phi) is 4.97. The van der Waals surface area contributed by atoms with E-state index in [4.69, 9.17) is 0 Å². The van der Waals surface area contributed by atoms with Gasteiger partial charge in [-0.05, 0) is 55.7 Å². The molecule has 3 aromatic heterocycles. The van der Waals surface area contributed by atoms with Gasteiger partial charge in [-0.15, -0.1) is 0 Å². The normalized spacial score (nSPS) is 15.9. The first kappa shape index (κ1) is 20.3. The highest BCUT2D eigenvalue weighted by Gasteiger charge is 2.34. The van der Waals surface area contributed by atoms with E-state index in [9.17, 15) is 14.3 Å². The van der Waals surface area contributed by atoms with E-state index in [1.165, 1.54) is 33.9 Å². The molecule has 0 amide bonds. The van der Waals surface area contributed by atoms with Crippen LogP contribution in [0.1, 0.15) is 18.4 Å². The number of aryl methyl sites for hydroxylation is 1. The minimum atomic E-state index is -1.01. The van der Waals surface area contributed by atoms with Gasteiger partial charge in [0.15, 0.2) is 5.65 Å². The number of aromatic nitrogens is 5. The van der Waals surface area contributed by atoms with Crippen molar-refractivity contribution in [3.8, 4) is 5.69 Å². The van der Waals surface area contributed by atoms with Crippen LogP contribution in [0.3, 0.4) is 0 Å². The highest BCUT2D eigenvalue weighted by molar-refractivity contribution is 5.74. The second kappa shape index (κ2) is 7.83. The summed E-state index contributed by atoms with van der Waals surface area (Å²) in [6, 6.07) is 9.75. The number of fused-ring (bicyclic) bond motifs is 1. The molecule has 1 N–H and O–H groups in total. The van der Waals surface area contributed by atoms with Gasteiger partial charge in [0, 0.05) is 19.3 Å². The summed E-state index contributed by atoms with van der Waals surface area (Å²) in [6.07, 6.45) is 5.71. The van der Waals surface area contributed by atoms with E-state index in [1.54, 1.807) is 18.3 Å². The maximum Gasteiger partial charge on any atom is 0.264 e. The molecule has 0 unspecified atom stereocenters. The van der Waals surface area contributed by atoms with E-state index in [2.05, 4.69) is 20.0 Å². The minimum Gasteiger partial charge on any atom is -0.388 e. The Labute approximate surface area is 183 Å². The lowest BCUT2D eigenvalue weighted by Crippen LogP contribution is -2.48. The smallest absolute Gasteiger partial charge is 0.264 e. The molecule has 164 valence electrons. The maximum atomic E-state index is 13.2. The molecule has 4 heterocycles. The van der Waals surface area contributed by atoms with E-state index in [-0.39, 0.29) is 17.9 Å². The molecule has 5 rings (SSSR count). The third kappa shape index (κ3) is 3.64. The summed E-state index contributed by atoms with van der Waals surface area (Å²) in [7, 11) is 0. The van der Waals surface area contributed by atoms with E-state index >= 15 is 0 Å². The molecule has 8 nitrogen and oxygen atoms in total. The molecular weight excluding hydrogens is 411 g/mol. The van der Waals surface area contributed by atoms with Gasteiger partial charge in [-0.2, -0.15) is 5.10 Å². The van der Waals surface area contributed by atoms with Crippen LogP contribution in [0.5, 0.6) is 0 Å². The van der Waals surface area contributed by atoms with Crippen LogP contribution >= 0.6 is 0 Å². The van der Waals surface area contributed by atoms with E-state index < -0.39 is 5.60 Å². The Morgan fingerprint density at radius 1 is 1.12 bits per heavy atom. The van der Waals surface area contributed by atoms with Gasteiger partial charge in [-0.25, -0.2) is 19.0 Å². The molecule has 1 fully saturated rings. The fourth-order valence-electron chi connectivity index (χ4n) is 4.25. The molecule has 4 aromatic rings. The highest BCUT2D eigenvalue weighted by Crippen LogP contribution is 2.28. The Balaban J connectivity index is 1.37. The quantitative estimate of drug-likeness (QED) is 0.531. The van der Waals surface area contributed by atoms with Gasteiger partial charge >= 0.3 is 0 Å². The summed E-state index contributed by atoms with van der Waals surface area (Å²) in [6.45, 7) is 3.49. The summed E-state index contributed by atoms with van der Waals surface area (Å²) in [5.74, 6) is 0.584. The van der Waals surface area contributed by atoms with Gasteiger partial charge in [0.2, 0.25) is 0 Å². The van der Waals surface area contributed by atoms with E-state index in [1.807, 2.05) is 19.1 Å². The number of aliphatic hydroxyl groups is 1. The second-order valence-electron chi connectivity index (χ2n) is 8.30. The monoisotopic (exact) mass is 434 g/mol. The average Bonchev–Trinajstić information content (AvgIpc) is 3.22. The lowest BCUT2D eigenvalue weighted by molar-refractivity contribution is -0.00113. The summed E-state index contributed by atoms with van der Waals surface area (Å²) in [4.78, 5) is 24.1. The van der Waals surface area contributed by atoms with Crippen LogP contribution in [-0.4, -0.2) is 48.1 Å². The van der Waals surface area contributed by atoms with E-state index in [0.717, 1.165) is 11.4 Å². The number of halogens is 1. The number of rotatable bonds is 4. The molecule has 32 heavy (non-hydrogen) atoms. The first-order valence-electron chi connectivity index (χ1n) is 10.5. The largest absolute Gasteiger partial charge is 0.388 e. The topological polar surface area (TPSA) is 89.1 Å². The van der Waals surface area contributed by atoms with E-state index in [0.29, 0.717) is 42.7 Å². The molecule has 1 aliphatic rings. The Hall–Kier alpha value is -3.59. The third-order valence-corrected chi connectivity index (χ3v) is 6.07. The van der Waals surface area contributed by atoms with Crippen molar-refractivity contribution in [3.05, 3.63) is 76.9 Å². The van der Waals surface area contributed by atoms with Crippen molar-refractivity contribution in [2.45, 2.75) is 31.9 Å². The molecular formula is C23H23FN6O2. The number of anilines is 1. The lowest BCUT2D eigenvalue weighted by Gasteiger charge is -2.39. The molecule has 1 saturated heterocycles. The molecule has 0 aliphatic carbocycles. The van der Waals surface area contributed by atoms with Gasteiger partial charge in [0.1, 0.15) is 23.3 Å². The van der Waals surface area contributed by atoms with Gasteiger partial charge in [0.25, 0.3) is 5.56 Å². The maximum absolute atomic E-state index is 13.2. The van der Waals surface area contributed by atoms with Crippen molar-refractivity contribution < 1.29 is 9.50 Å². The van der Waals surface area contributed by atoms with Crippen molar-refractivity contribution in [2.75, 3.05) is 18.0 Å². The van der Waals surface area contributed by atoms with Crippen LogP contribution in [0.2, 0.25) is 0 Å². The number of hydrogen-bond acceptors (Lipinski definition) is 6. The number of piperidine rings is 1. The van der Waals surface area contributed by atoms with Crippen LogP contribution in [0.4, 0.5) is 10.2 Å². The average molecular weight is 434 g/mol. The van der Waals surface area contributed by atoms with Crippen LogP contribution in [0.15, 0.2) is 59.9 Å². The minimum absolute atomic E-state index is 0.158. The zero-order valence-corrected chi connectivity index (χ0v) is 17.6. The molecule has 0 saturated carbocycles. The van der Waals surface area contributed by atoms with Crippen molar-refractivity contribution in [3.63, 3.8) is 0 Å². The Morgan fingerprint density at radius 2 is 1.88 bits per heavy atom. The Bertz CT molecular complexity index is 1320. The van der Waals surface area contributed by atoms with Gasteiger partial charge in [-0.1, -0.05) is 6.07 Å². The molecule has 9 heteroatoms. The zero-order chi connectivity index (χ0) is 22.3. The SMILES string of the molecule is Cc1cccnc1N1CCC(O)(Cn2cnc3c(cnn3-c3ccc(F)cc3)c2=O)CC1. The predicted octanol–water partition coefficient (Wildman–Crippen LogP) is 2.46. The molecule has 0 radical (unpaired) electrons. The van der Waals surface area contributed by atoms with Crippen molar-refractivity contribution in [2.24, 2.45) is 0 Å². The first-order chi connectivity index (χ1) is 15.4. The summed E-state index contributed by atoms with van der Waals surface area (Å²) in [5.41, 5.74) is 0.833. The number of nitrogens with zero attached hydrogens (tertiary/aromatic N) is 6. The van der Waals surface area contributed by atoms with Crippen LogP contribution < -0.4 is 10.5 Å². The van der Waals surface area contributed by atoms with Gasteiger partial charge in [-0.3, -0.25) is 9.36 Å². The number of benzene rings is 1. The fourth-order valence-corrected chi connectivity index (χ4v) is 4.25. The zero-order valence-electron chi connectivity index (χ0n) is 17.6. The molecule has 1 aliphatic heterocycles. The van der Waals surface area contributed by atoms with Crippen molar-refractivity contribution in [1.82, 2.24) is 24.3 Å². The Morgan fingerprint density at radius 3 is 2.59 bits per heavy atom. The highest BCUT2D eigenvalue weighted by atomic mass is 19.1. The number of pyridine rings is 1. The van der Waals surface area contributed by atoms with Gasteiger partial charge in [0.05, 0.1) is 24.0 Å². The summed E-state index contributed by atoms with van der Waals surface area (Å²) < 4.78 is 16.2. The number of hydrogen-bond donors (Lipinski definition) is 1. The molecule has 1 aromatic carbocycles.